The van der Waals surface area contributed by atoms with Gasteiger partial charge in [-0.25, -0.2) is 0 Å². The molecule has 2 N–H and O–H groups in total. The third kappa shape index (κ3) is 4.74. The topological polar surface area (TPSA) is 38.5 Å². The van der Waals surface area contributed by atoms with Crippen LogP contribution in [0.4, 0.5) is 0 Å². The minimum atomic E-state index is -0.0510. The molecule has 0 bridgehead atoms. The Kier molecular flexibility index (Phi) is 5.71. The lowest BCUT2D eigenvalue weighted by atomic mass is 9.85. The van der Waals surface area contributed by atoms with Gasteiger partial charge in [0.15, 0.2) is 0 Å². The third-order valence-electron chi connectivity index (χ3n) is 3.87. The van der Waals surface area contributed by atoms with Crippen LogP contribution in [0.3, 0.4) is 0 Å². The van der Waals surface area contributed by atoms with E-state index in [9.17, 15) is 0 Å². The second kappa shape index (κ2) is 6.37. The van der Waals surface area contributed by atoms with Crippen LogP contribution in [0, 0.1) is 11.8 Å². The number of hydrogen-bond donors (Lipinski definition) is 1. The van der Waals surface area contributed by atoms with Gasteiger partial charge in [0.25, 0.3) is 0 Å². The molecule has 17 heavy (non-hydrogen) atoms. The molecule has 2 heterocycles. The molecule has 0 radical (unpaired) electrons. The van der Waals surface area contributed by atoms with E-state index in [2.05, 4.69) is 18.7 Å². The quantitative estimate of drug-likeness (QED) is 0.844. The van der Waals surface area contributed by atoms with E-state index in [1.807, 2.05) is 0 Å². The number of nitrogens with two attached hydrogens (primary N) is 1. The standard InChI is InChI=1S/C13H26N2O.ClH/c1-13(2,14)10-15-6-3-12(9-15)11-4-7-16-8-5-11;/h11-12H,3-10,14H2,1-2H3;1H. The predicted molar refractivity (Wildman–Crippen MR) is 73.6 cm³/mol. The zero-order valence-electron chi connectivity index (χ0n) is 11.2. The van der Waals surface area contributed by atoms with Gasteiger partial charge in [0, 0.05) is 31.8 Å². The van der Waals surface area contributed by atoms with Crippen molar-refractivity contribution in [2.75, 3.05) is 32.8 Å². The maximum absolute atomic E-state index is 6.08. The number of hydrogen-bond acceptors (Lipinski definition) is 3. The van der Waals surface area contributed by atoms with E-state index in [1.54, 1.807) is 0 Å². The lowest BCUT2D eigenvalue weighted by Crippen LogP contribution is -2.44. The first-order valence-corrected chi connectivity index (χ1v) is 6.63. The molecule has 4 heteroatoms. The first-order chi connectivity index (χ1) is 7.54. The van der Waals surface area contributed by atoms with Gasteiger partial charge in [-0.05, 0) is 51.5 Å². The van der Waals surface area contributed by atoms with Gasteiger partial charge in [0.05, 0.1) is 0 Å². The third-order valence-corrected chi connectivity index (χ3v) is 3.87. The molecule has 0 spiro atoms. The summed E-state index contributed by atoms with van der Waals surface area (Å²) in [7, 11) is 0. The van der Waals surface area contributed by atoms with Crippen LogP contribution in [0.2, 0.25) is 0 Å². The summed E-state index contributed by atoms with van der Waals surface area (Å²) >= 11 is 0. The molecule has 0 aromatic heterocycles. The van der Waals surface area contributed by atoms with Crippen molar-refractivity contribution in [3.05, 3.63) is 0 Å². The fraction of sp³-hybridized carbons (Fsp3) is 1.00. The van der Waals surface area contributed by atoms with Crippen LogP contribution < -0.4 is 5.73 Å². The summed E-state index contributed by atoms with van der Waals surface area (Å²) in [4.78, 5) is 2.54. The van der Waals surface area contributed by atoms with E-state index in [0.717, 1.165) is 31.6 Å². The van der Waals surface area contributed by atoms with E-state index in [0.29, 0.717) is 0 Å². The van der Waals surface area contributed by atoms with Crippen molar-refractivity contribution in [1.82, 2.24) is 4.90 Å². The highest BCUT2D eigenvalue weighted by Crippen LogP contribution is 2.31. The van der Waals surface area contributed by atoms with Crippen molar-refractivity contribution in [1.29, 1.82) is 0 Å². The van der Waals surface area contributed by atoms with Gasteiger partial charge in [-0.3, -0.25) is 0 Å². The molecule has 1 atom stereocenters. The fourth-order valence-electron chi connectivity index (χ4n) is 3.15. The Morgan fingerprint density at radius 3 is 2.41 bits per heavy atom. The monoisotopic (exact) mass is 262 g/mol. The van der Waals surface area contributed by atoms with E-state index < -0.39 is 0 Å². The molecule has 2 aliphatic rings. The summed E-state index contributed by atoms with van der Waals surface area (Å²) in [6.45, 7) is 9.72. The molecule has 1 unspecified atom stereocenters. The molecule has 0 aromatic rings. The second-order valence-corrected chi connectivity index (χ2v) is 6.22. The lowest BCUT2D eigenvalue weighted by molar-refractivity contribution is 0.0476. The normalized spacial score (nSPS) is 28.1. The van der Waals surface area contributed by atoms with Gasteiger partial charge in [-0.15, -0.1) is 12.4 Å². The highest BCUT2D eigenvalue weighted by atomic mass is 35.5. The lowest BCUT2D eigenvalue weighted by Gasteiger charge is -2.29. The number of halogens is 1. The summed E-state index contributed by atoms with van der Waals surface area (Å²) in [6.07, 6.45) is 3.90. The first kappa shape index (κ1) is 15.2. The molecule has 2 fully saturated rings. The van der Waals surface area contributed by atoms with E-state index in [4.69, 9.17) is 10.5 Å². The van der Waals surface area contributed by atoms with Crippen molar-refractivity contribution < 1.29 is 4.74 Å². The number of nitrogens with zero attached hydrogens (tertiary/aromatic N) is 1. The number of rotatable bonds is 3. The van der Waals surface area contributed by atoms with Crippen LogP contribution >= 0.6 is 12.4 Å². The summed E-state index contributed by atoms with van der Waals surface area (Å²) in [6, 6.07) is 0. The number of likely N-dealkylation sites (tertiary alicyclic amines) is 1. The molecule has 3 nitrogen and oxygen atoms in total. The Bertz CT molecular complexity index is 224. The van der Waals surface area contributed by atoms with Crippen LogP contribution in [0.1, 0.15) is 33.1 Å². The Balaban J connectivity index is 0.00000144. The molecule has 0 aliphatic carbocycles. The Morgan fingerprint density at radius 2 is 1.82 bits per heavy atom. The molecular formula is C13H27ClN2O. The Hall–Kier alpha value is 0.170. The van der Waals surface area contributed by atoms with Crippen LogP contribution in [-0.2, 0) is 4.74 Å². The predicted octanol–water partition coefficient (Wildman–Crippen LogP) is 1.89. The van der Waals surface area contributed by atoms with Crippen molar-refractivity contribution in [2.24, 2.45) is 17.6 Å². The van der Waals surface area contributed by atoms with E-state index in [1.165, 1.54) is 32.4 Å². The zero-order valence-corrected chi connectivity index (χ0v) is 12.0. The first-order valence-electron chi connectivity index (χ1n) is 6.63. The summed E-state index contributed by atoms with van der Waals surface area (Å²) < 4.78 is 5.43. The minimum Gasteiger partial charge on any atom is -0.381 e. The largest absolute Gasteiger partial charge is 0.381 e. The molecule has 102 valence electrons. The Labute approximate surface area is 111 Å². The molecule has 0 aromatic carbocycles. The van der Waals surface area contributed by atoms with Gasteiger partial charge in [-0.1, -0.05) is 0 Å². The van der Waals surface area contributed by atoms with Crippen molar-refractivity contribution in [3.63, 3.8) is 0 Å². The van der Waals surface area contributed by atoms with Gasteiger partial charge in [0.2, 0.25) is 0 Å². The molecule has 2 rings (SSSR count). The minimum absolute atomic E-state index is 0. The summed E-state index contributed by atoms with van der Waals surface area (Å²) in [5.41, 5.74) is 6.03. The average Bonchev–Trinajstić information content (AvgIpc) is 2.65. The van der Waals surface area contributed by atoms with Crippen LogP contribution in [-0.4, -0.2) is 43.3 Å². The molecule has 2 saturated heterocycles. The van der Waals surface area contributed by atoms with Gasteiger partial charge < -0.3 is 15.4 Å². The fourth-order valence-corrected chi connectivity index (χ4v) is 3.15. The highest BCUT2D eigenvalue weighted by molar-refractivity contribution is 5.85. The zero-order chi connectivity index (χ0) is 11.6. The van der Waals surface area contributed by atoms with E-state index >= 15 is 0 Å². The molecule has 0 amide bonds. The Morgan fingerprint density at radius 1 is 1.18 bits per heavy atom. The second-order valence-electron chi connectivity index (χ2n) is 6.22. The molecule has 0 saturated carbocycles. The van der Waals surface area contributed by atoms with Crippen molar-refractivity contribution in [2.45, 2.75) is 38.6 Å². The number of ether oxygens (including phenoxy) is 1. The smallest absolute Gasteiger partial charge is 0.0468 e. The summed E-state index contributed by atoms with van der Waals surface area (Å²) in [5.74, 6) is 1.80. The van der Waals surface area contributed by atoms with E-state index in [-0.39, 0.29) is 17.9 Å². The van der Waals surface area contributed by atoms with Gasteiger partial charge >= 0.3 is 0 Å². The SMILES string of the molecule is CC(C)(N)CN1CCC(C2CCOCC2)C1.Cl. The van der Waals surface area contributed by atoms with Crippen LogP contribution in [0.25, 0.3) is 0 Å². The highest BCUT2D eigenvalue weighted by Gasteiger charge is 2.31. The van der Waals surface area contributed by atoms with Crippen LogP contribution in [0.15, 0.2) is 0 Å². The molecule has 2 aliphatic heterocycles. The maximum Gasteiger partial charge on any atom is 0.0468 e. The van der Waals surface area contributed by atoms with Crippen molar-refractivity contribution in [3.8, 4) is 0 Å². The average molecular weight is 263 g/mol. The molecular weight excluding hydrogens is 236 g/mol. The van der Waals surface area contributed by atoms with Gasteiger partial charge in [-0.2, -0.15) is 0 Å². The maximum atomic E-state index is 6.08. The van der Waals surface area contributed by atoms with Gasteiger partial charge in [0.1, 0.15) is 0 Å². The van der Waals surface area contributed by atoms with Crippen molar-refractivity contribution >= 4 is 12.4 Å². The summed E-state index contributed by atoms with van der Waals surface area (Å²) in [5, 5.41) is 0. The van der Waals surface area contributed by atoms with Crippen LogP contribution in [0.5, 0.6) is 0 Å².